The van der Waals surface area contributed by atoms with E-state index in [-0.39, 0.29) is 7.33 Å². The molecule has 0 saturated heterocycles. The third kappa shape index (κ3) is 0.407. The van der Waals surface area contributed by atoms with Crippen LogP contribution in [0.4, 0.5) is 0 Å². The Morgan fingerprint density at radius 1 is 2.00 bits per heavy atom. The fourth-order valence-electron chi connectivity index (χ4n) is 0.384. The summed E-state index contributed by atoms with van der Waals surface area (Å²) in [6.45, 7) is 0.707. The first kappa shape index (κ1) is 3.40. The monoisotopic (exact) mass is 85.1 g/mol. The third-order valence-electron chi connectivity index (χ3n) is 0.663. The van der Waals surface area contributed by atoms with E-state index in [1.165, 1.54) is 6.08 Å². The van der Waals surface area contributed by atoms with Crippen molar-refractivity contribution in [3.05, 3.63) is 12.2 Å². The second-order valence-corrected chi connectivity index (χ2v) is 1.15. The molecule has 0 bridgehead atoms. The molecule has 0 spiro atoms. The molecule has 1 aliphatic heterocycles. The molecule has 2 heteroatoms. The van der Waals surface area contributed by atoms with E-state index in [2.05, 4.69) is 5.32 Å². The second-order valence-electron chi connectivity index (χ2n) is 1.15. The lowest BCUT2D eigenvalue weighted by molar-refractivity contribution is -0.115. The Morgan fingerprint density at radius 3 is 3.00 bits per heavy atom. The topological polar surface area (TPSA) is 29.1 Å². The minimum atomic E-state index is 0. The molecule has 1 N–H and O–H groups in total. The largest absolute Gasteiger partial charge is 0.349 e. The molecule has 0 atom stereocenters. The van der Waals surface area contributed by atoms with Crippen LogP contribution in [0, 0.1) is 0 Å². The predicted octanol–water partition coefficient (Wildman–Crippen LogP) is -0.0816. The number of nitrogens with one attached hydrogen (secondary N) is 1. The molecule has 1 aliphatic rings. The van der Waals surface area contributed by atoms with Crippen LogP contribution in [0.1, 0.15) is 1.43 Å². The molecule has 0 aromatic rings. The summed E-state index contributed by atoms with van der Waals surface area (Å²) in [4.78, 5) is 10.0. The van der Waals surface area contributed by atoms with Gasteiger partial charge in [-0.15, -0.1) is 0 Å². The van der Waals surface area contributed by atoms with Gasteiger partial charge in [0.2, 0.25) is 5.91 Å². The Balaban J connectivity index is 0.000000360. The highest BCUT2D eigenvalue weighted by atomic mass is 16.1. The quantitative estimate of drug-likeness (QED) is 0.438. The third-order valence-corrected chi connectivity index (χ3v) is 0.663. The van der Waals surface area contributed by atoms with E-state index in [0.717, 1.165) is 0 Å². The summed E-state index contributed by atoms with van der Waals surface area (Å²) < 4.78 is 0. The van der Waals surface area contributed by atoms with Crippen LogP contribution in [0.2, 0.25) is 0 Å². The van der Waals surface area contributed by atoms with Crippen molar-refractivity contribution in [3.8, 4) is 0 Å². The minimum Gasteiger partial charge on any atom is -0.349 e. The van der Waals surface area contributed by atoms with Gasteiger partial charge in [-0.25, -0.2) is 0 Å². The number of carbonyl (C=O) groups excluding carboxylic acids is 1. The highest BCUT2D eigenvalue weighted by Crippen LogP contribution is 1.79. The Bertz CT molecular complexity index is 99.9. The predicted molar refractivity (Wildman–Crippen MR) is 24.3 cm³/mol. The molecule has 0 fully saturated rings. The van der Waals surface area contributed by atoms with Crippen molar-refractivity contribution in [1.82, 2.24) is 5.32 Å². The van der Waals surface area contributed by atoms with Crippen molar-refractivity contribution in [2.24, 2.45) is 0 Å². The Labute approximate surface area is 37.3 Å². The molecule has 0 unspecified atom stereocenters. The molecule has 0 saturated carbocycles. The standard InChI is InChI=1S/C4H5NO.H2/c6-4-2-1-3-5-4;/h1-2H,3H2,(H,5,6);1H. The van der Waals surface area contributed by atoms with E-state index in [1.807, 2.05) is 0 Å². The first-order chi connectivity index (χ1) is 2.89. The van der Waals surface area contributed by atoms with Gasteiger partial charge in [-0.2, -0.15) is 0 Å². The maximum absolute atomic E-state index is 10.0. The van der Waals surface area contributed by atoms with Crippen LogP contribution in [0.5, 0.6) is 0 Å². The van der Waals surface area contributed by atoms with Gasteiger partial charge in [-0.1, -0.05) is 6.08 Å². The molecule has 6 heavy (non-hydrogen) atoms. The maximum Gasteiger partial charge on any atom is 0.243 e. The smallest absolute Gasteiger partial charge is 0.243 e. The van der Waals surface area contributed by atoms with Crippen LogP contribution in [0.15, 0.2) is 12.2 Å². The lowest BCUT2D eigenvalue weighted by atomic mass is 10.6. The normalized spacial score (nSPS) is 18.3. The van der Waals surface area contributed by atoms with Crippen molar-refractivity contribution in [3.63, 3.8) is 0 Å². The molecule has 1 rings (SSSR count). The molecule has 0 aromatic heterocycles. The van der Waals surface area contributed by atoms with Gasteiger partial charge in [-0.3, -0.25) is 4.79 Å². The summed E-state index contributed by atoms with van der Waals surface area (Å²) in [5.41, 5.74) is 0. The number of amides is 1. The number of rotatable bonds is 0. The minimum absolute atomic E-state index is 0. The molecule has 1 heterocycles. The van der Waals surface area contributed by atoms with E-state index in [9.17, 15) is 4.79 Å². The Kier molecular flexibility index (Phi) is 0.638. The van der Waals surface area contributed by atoms with Crippen LogP contribution in [-0.2, 0) is 4.79 Å². The van der Waals surface area contributed by atoms with Gasteiger partial charge < -0.3 is 5.32 Å². The van der Waals surface area contributed by atoms with E-state index >= 15 is 0 Å². The van der Waals surface area contributed by atoms with Crippen molar-refractivity contribution < 1.29 is 6.22 Å². The first-order valence-corrected chi connectivity index (χ1v) is 1.84. The molecule has 2 nitrogen and oxygen atoms in total. The Hall–Kier alpha value is -0.790. The average Bonchev–Trinajstić information content (AvgIpc) is 1.86. The van der Waals surface area contributed by atoms with E-state index in [1.54, 1.807) is 6.08 Å². The molecular weight excluding hydrogens is 78.0 g/mol. The fourth-order valence-corrected chi connectivity index (χ4v) is 0.384. The zero-order chi connectivity index (χ0) is 4.41. The van der Waals surface area contributed by atoms with Gasteiger partial charge in [0.25, 0.3) is 0 Å². The van der Waals surface area contributed by atoms with Gasteiger partial charge in [0.15, 0.2) is 0 Å². The molecule has 34 valence electrons. The van der Waals surface area contributed by atoms with Gasteiger partial charge in [0, 0.05) is 14.0 Å². The zero-order valence-corrected chi connectivity index (χ0v) is 3.27. The SMILES string of the molecule is O=C1C=CCN1.[HH]. The average molecular weight is 85.1 g/mol. The lowest BCUT2D eigenvalue weighted by Gasteiger charge is -1.80. The summed E-state index contributed by atoms with van der Waals surface area (Å²) in [5.74, 6) is 0.0231. The fraction of sp³-hybridized carbons (Fsp3) is 0.250. The molecule has 0 aromatic carbocycles. The van der Waals surface area contributed by atoms with E-state index < -0.39 is 0 Å². The van der Waals surface area contributed by atoms with Crippen LogP contribution in [0.25, 0.3) is 0 Å². The van der Waals surface area contributed by atoms with Crippen LogP contribution < -0.4 is 5.32 Å². The van der Waals surface area contributed by atoms with Crippen molar-refractivity contribution in [2.75, 3.05) is 6.54 Å². The summed E-state index contributed by atoms with van der Waals surface area (Å²) in [5, 5.41) is 2.57. The number of hydrogen-bond acceptors (Lipinski definition) is 1. The molecule has 0 radical (unpaired) electrons. The molecular formula is C4H7NO. The van der Waals surface area contributed by atoms with E-state index in [0.29, 0.717) is 6.54 Å². The summed E-state index contributed by atoms with van der Waals surface area (Å²) in [6, 6.07) is 0. The van der Waals surface area contributed by atoms with Crippen molar-refractivity contribution in [2.45, 2.75) is 0 Å². The highest BCUT2D eigenvalue weighted by molar-refractivity contribution is 5.89. The lowest BCUT2D eigenvalue weighted by Crippen LogP contribution is -2.13. The summed E-state index contributed by atoms with van der Waals surface area (Å²) >= 11 is 0. The molecule has 1 amide bonds. The van der Waals surface area contributed by atoms with Crippen molar-refractivity contribution >= 4 is 5.91 Å². The van der Waals surface area contributed by atoms with Crippen LogP contribution in [-0.4, -0.2) is 12.5 Å². The highest BCUT2D eigenvalue weighted by Gasteiger charge is 1.95. The van der Waals surface area contributed by atoms with Gasteiger partial charge >= 0.3 is 0 Å². The first-order valence-electron chi connectivity index (χ1n) is 1.84. The Morgan fingerprint density at radius 2 is 2.83 bits per heavy atom. The van der Waals surface area contributed by atoms with E-state index in [4.69, 9.17) is 0 Å². The van der Waals surface area contributed by atoms with Gasteiger partial charge in [0.05, 0.1) is 0 Å². The van der Waals surface area contributed by atoms with Gasteiger partial charge in [-0.05, 0) is 0 Å². The second kappa shape index (κ2) is 1.12. The summed E-state index contributed by atoms with van der Waals surface area (Å²) in [7, 11) is 0. The van der Waals surface area contributed by atoms with Crippen molar-refractivity contribution in [1.29, 1.82) is 0 Å². The summed E-state index contributed by atoms with van der Waals surface area (Å²) in [6.07, 6.45) is 3.32. The molecule has 0 aliphatic carbocycles. The van der Waals surface area contributed by atoms with Crippen LogP contribution in [0.3, 0.4) is 0 Å². The zero-order valence-electron chi connectivity index (χ0n) is 3.27. The van der Waals surface area contributed by atoms with Crippen LogP contribution >= 0.6 is 0 Å². The number of carbonyl (C=O) groups is 1. The van der Waals surface area contributed by atoms with Gasteiger partial charge in [0.1, 0.15) is 0 Å². The number of hydrogen-bond donors (Lipinski definition) is 1. The maximum atomic E-state index is 10.0.